The average molecular weight is 422 g/mol. The van der Waals surface area contributed by atoms with Crippen molar-refractivity contribution in [3.8, 4) is 0 Å². The normalized spacial score (nSPS) is 18.0. The molecule has 0 spiro atoms. The van der Waals surface area contributed by atoms with Gasteiger partial charge >= 0.3 is 0 Å². The van der Waals surface area contributed by atoms with Crippen LogP contribution in [0.5, 0.6) is 0 Å². The summed E-state index contributed by atoms with van der Waals surface area (Å²) >= 11 is 0. The highest BCUT2D eigenvalue weighted by Crippen LogP contribution is 2.21. The van der Waals surface area contributed by atoms with E-state index in [0.717, 1.165) is 61.9 Å². The first-order chi connectivity index (χ1) is 15.2. The van der Waals surface area contributed by atoms with E-state index in [1.54, 1.807) is 6.33 Å². The molecular formula is C22H27N7O2. The predicted octanol–water partition coefficient (Wildman–Crippen LogP) is 1.26. The van der Waals surface area contributed by atoms with Crippen LogP contribution in [-0.4, -0.2) is 90.2 Å². The molecule has 2 fully saturated rings. The fourth-order valence-electron chi connectivity index (χ4n) is 4.22. The van der Waals surface area contributed by atoms with Crippen molar-refractivity contribution >= 4 is 28.5 Å². The van der Waals surface area contributed by atoms with Crippen LogP contribution in [0.3, 0.4) is 0 Å². The van der Waals surface area contributed by atoms with E-state index < -0.39 is 0 Å². The van der Waals surface area contributed by atoms with Crippen molar-refractivity contribution in [1.29, 1.82) is 0 Å². The molecule has 0 radical (unpaired) electrons. The number of carbonyl (C=O) groups excluding carboxylic acids is 1. The molecule has 9 heteroatoms. The minimum Gasteiger partial charge on any atom is -0.356 e. The SMILES string of the molecule is CN1CCN(c2cc(N3CCN(C(=O)Cc4noc5ccccc45)CC3)ncn2)CC1. The van der Waals surface area contributed by atoms with Crippen molar-refractivity contribution in [3.05, 3.63) is 42.4 Å². The molecule has 2 aliphatic rings. The van der Waals surface area contributed by atoms with Gasteiger partial charge in [0.2, 0.25) is 5.91 Å². The molecule has 2 aromatic heterocycles. The predicted molar refractivity (Wildman–Crippen MR) is 118 cm³/mol. The van der Waals surface area contributed by atoms with Gasteiger partial charge in [-0.1, -0.05) is 17.3 Å². The number of carbonyl (C=O) groups is 1. The number of benzene rings is 1. The Hall–Kier alpha value is -3.20. The van der Waals surface area contributed by atoms with E-state index in [1.165, 1.54) is 0 Å². The average Bonchev–Trinajstić information content (AvgIpc) is 3.22. The third-order valence-electron chi connectivity index (χ3n) is 6.19. The molecule has 0 aliphatic carbocycles. The highest BCUT2D eigenvalue weighted by Gasteiger charge is 2.24. The number of hydrogen-bond donors (Lipinski definition) is 0. The lowest BCUT2D eigenvalue weighted by Gasteiger charge is -2.36. The van der Waals surface area contributed by atoms with Crippen molar-refractivity contribution in [2.75, 3.05) is 69.2 Å². The fraction of sp³-hybridized carbons (Fsp3) is 0.455. The summed E-state index contributed by atoms with van der Waals surface area (Å²) in [4.78, 5) is 30.6. The smallest absolute Gasteiger partial charge is 0.228 e. The molecule has 162 valence electrons. The Labute approximate surface area is 181 Å². The van der Waals surface area contributed by atoms with Gasteiger partial charge in [0, 0.05) is 63.8 Å². The first-order valence-electron chi connectivity index (χ1n) is 10.8. The van der Waals surface area contributed by atoms with Crippen molar-refractivity contribution in [1.82, 2.24) is 24.9 Å². The molecule has 4 heterocycles. The van der Waals surface area contributed by atoms with E-state index in [2.05, 4.69) is 42.9 Å². The van der Waals surface area contributed by atoms with E-state index in [0.29, 0.717) is 18.8 Å². The van der Waals surface area contributed by atoms with Gasteiger partial charge in [0.1, 0.15) is 23.7 Å². The van der Waals surface area contributed by atoms with E-state index in [9.17, 15) is 4.79 Å². The molecule has 0 unspecified atom stereocenters. The topological polar surface area (TPSA) is 81.8 Å². The van der Waals surface area contributed by atoms with Gasteiger partial charge < -0.3 is 24.1 Å². The van der Waals surface area contributed by atoms with Gasteiger partial charge in [-0.2, -0.15) is 0 Å². The molecule has 1 aromatic carbocycles. The number of fused-ring (bicyclic) bond motifs is 1. The quantitative estimate of drug-likeness (QED) is 0.623. The van der Waals surface area contributed by atoms with Crippen LogP contribution < -0.4 is 9.80 Å². The second kappa shape index (κ2) is 8.50. The van der Waals surface area contributed by atoms with E-state index in [-0.39, 0.29) is 12.3 Å². The number of rotatable bonds is 4. The second-order valence-corrected chi connectivity index (χ2v) is 8.19. The summed E-state index contributed by atoms with van der Waals surface area (Å²) in [6, 6.07) is 9.72. The minimum absolute atomic E-state index is 0.0829. The molecule has 1 amide bonds. The third kappa shape index (κ3) is 4.18. The number of hydrogen-bond acceptors (Lipinski definition) is 8. The molecule has 5 rings (SSSR count). The molecule has 3 aromatic rings. The Morgan fingerprint density at radius 1 is 0.935 bits per heavy atom. The van der Waals surface area contributed by atoms with Crippen LogP contribution in [0, 0.1) is 0 Å². The molecule has 2 saturated heterocycles. The van der Waals surface area contributed by atoms with Crippen LogP contribution in [0.15, 0.2) is 41.2 Å². The van der Waals surface area contributed by atoms with Crippen molar-refractivity contribution in [2.45, 2.75) is 6.42 Å². The molecule has 0 atom stereocenters. The fourth-order valence-corrected chi connectivity index (χ4v) is 4.22. The number of aromatic nitrogens is 3. The van der Waals surface area contributed by atoms with Crippen molar-refractivity contribution in [2.24, 2.45) is 0 Å². The van der Waals surface area contributed by atoms with Gasteiger partial charge in [-0.15, -0.1) is 0 Å². The standard InChI is InChI=1S/C22H27N7O2/c1-26-6-8-27(9-7-26)20-15-21(24-16-23-20)28-10-12-29(13-11-28)22(30)14-18-17-4-2-3-5-19(17)31-25-18/h2-5,15-16H,6-14H2,1H3. The summed E-state index contributed by atoms with van der Waals surface area (Å²) in [5.74, 6) is 1.99. The summed E-state index contributed by atoms with van der Waals surface area (Å²) in [5.41, 5.74) is 1.42. The largest absolute Gasteiger partial charge is 0.356 e. The zero-order chi connectivity index (χ0) is 21.2. The van der Waals surface area contributed by atoms with Gasteiger partial charge in [0.15, 0.2) is 5.58 Å². The summed E-state index contributed by atoms with van der Waals surface area (Å²) < 4.78 is 5.33. The number of likely N-dealkylation sites (N-methyl/N-ethyl adjacent to an activating group) is 1. The van der Waals surface area contributed by atoms with Crippen LogP contribution in [0.1, 0.15) is 5.69 Å². The maximum absolute atomic E-state index is 12.8. The maximum atomic E-state index is 12.8. The summed E-state index contributed by atoms with van der Waals surface area (Å²) in [6.07, 6.45) is 1.91. The Balaban J connectivity index is 1.19. The summed E-state index contributed by atoms with van der Waals surface area (Å²) in [7, 11) is 2.15. The van der Waals surface area contributed by atoms with Crippen LogP contribution in [0.4, 0.5) is 11.6 Å². The second-order valence-electron chi connectivity index (χ2n) is 8.19. The number of nitrogens with zero attached hydrogens (tertiary/aromatic N) is 7. The van der Waals surface area contributed by atoms with Gasteiger partial charge in [-0.05, 0) is 19.2 Å². The summed E-state index contributed by atoms with van der Waals surface area (Å²) in [5, 5.41) is 5.00. The van der Waals surface area contributed by atoms with Crippen LogP contribution in [0.25, 0.3) is 11.0 Å². The lowest BCUT2D eigenvalue weighted by molar-refractivity contribution is -0.130. The van der Waals surface area contributed by atoms with Crippen LogP contribution in [-0.2, 0) is 11.2 Å². The highest BCUT2D eigenvalue weighted by atomic mass is 16.5. The Morgan fingerprint density at radius 3 is 2.29 bits per heavy atom. The van der Waals surface area contributed by atoms with Gasteiger partial charge in [0.05, 0.1) is 6.42 Å². The van der Waals surface area contributed by atoms with Crippen LogP contribution >= 0.6 is 0 Å². The first-order valence-corrected chi connectivity index (χ1v) is 10.8. The molecule has 0 N–H and O–H groups in total. The number of para-hydroxylation sites is 1. The molecule has 0 saturated carbocycles. The molecule has 31 heavy (non-hydrogen) atoms. The maximum Gasteiger partial charge on any atom is 0.228 e. The molecule has 0 bridgehead atoms. The zero-order valence-electron chi connectivity index (χ0n) is 17.8. The lowest BCUT2D eigenvalue weighted by Crippen LogP contribution is -2.49. The highest BCUT2D eigenvalue weighted by molar-refractivity contribution is 5.86. The first kappa shape index (κ1) is 19.7. The summed E-state index contributed by atoms with van der Waals surface area (Å²) in [6.45, 7) is 6.89. The zero-order valence-corrected chi connectivity index (χ0v) is 17.8. The van der Waals surface area contributed by atoms with Gasteiger partial charge in [-0.25, -0.2) is 9.97 Å². The Bertz CT molecular complexity index is 1050. The Morgan fingerprint density at radius 2 is 1.58 bits per heavy atom. The number of amides is 1. The van der Waals surface area contributed by atoms with Gasteiger partial charge in [-0.3, -0.25) is 4.79 Å². The third-order valence-corrected chi connectivity index (χ3v) is 6.19. The monoisotopic (exact) mass is 421 g/mol. The van der Waals surface area contributed by atoms with Gasteiger partial charge in [0.25, 0.3) is 0 Å². The van der Waals surface area contributed by atoms with E-state index >= 15 is 0 Å². The molecule has 9 nitrogen and oxygen atoms in total. The van der Waals surface area contributed by atoms with Crippen molar-refractivity contribution in [3.63, 3.8) is 0 Å². The minimum atomic E-state index is 0.0829. The Kier molecular flexibility index (Phi) is 5.42. The number of piperazine rings is 2. The molecule has 2 aliphatic heterocycles. The number of anilines is 2. The molecular weight excluding hydrogens is 394 g/mol. The van der Waals surface area contributed by atoms with E-state index in [4.69, 9.17) is 4.52 Å². The lowest BCUT2D eigenvalue weighted by atomic mass is 10.1. The van der Waals surface area contributed by atoms with Crippen LogP contribution in [0.2, 0.25) is 0 Å². The van der Waals surface area contributed by atoms with Crippen molar-refractivity contribution < 1.29 is 9.32 Å². The van der Waals surface area contributed by atoms with E-state index in [1.807, 2.05) is 29.2 Å².